The Morgan fingerprint density at radius 1 is 1.31 bits per heavy atom. The average Bonchev–Trinajstić information content (AvgIpc) is 2.29. The van der Waals surface area contributed by atoms with Crippen molar-refractivity contribution in [3.05, 3.63) is 23.2 Å². The first-order valence-electron chi connectivity index (χ1n) is 5.57. The van der Waals surface area contributed by atoms with Crippen LogP contribution in [0.25, 0.3) is 0 Å². The lowest BCUT2D eigenvalue weighted by atomic mass is 10.3. The second kappa shape index (κ2) is 7.05. The van der Waals surface area contributed by atoms with E-state index >= 15 is 0 Å². The highest BCUT2D eigenvalue weighted by Crippen LogP contribution is 2.27. The van der Waals surface area contributed by atoms with Crippen molar-refractivity contribution in [1.82, 2.24) is 4.90 Å². The minimum atomic E-state index is 0.750. The molecule has 0 aromatic heterocycles. The van der Waals surface area contributed by atoms with Gasteiger partial charge in [0.05, 0.1) is 0 Å². The van der Waals surface area contributed by atoms with E-state index in [1.165, 1.54) is 0 Å². The molecule has 2 nitrogen and oxygen atoms in total. The number of rotatable bonds is 6. The third-order valence-corrected chi connectivity index (χ3v) is 3.82. The summed E-state index contributed by atoms with van der Waals surface area (Å²) in [5.41, 5.74) is 6.69. The van der Waals surface area contributed by atoms with Gasteiger partial charge in [-0.1, -0.05) is 25.4 Å². The van der Waals surface area contributed by atoms with Crippen LogP contribution in [-0.4, -0.2) is 30.3 Å². The van der Waals surface area contributed by atoms with Crippen LogP contribution in [0.4, 0.5) is 5.69 Å². The highest BCUT2D eigenvalue weighted by Gasteiger charge is 2.03. The Hall–Kier alpha value is -0.380. The first-order chi connectivity index (χ1) is 7.67. The van der Waals surface area contributed by atoms with E-state index in [-0.39, 0.29) is 0 Å². The molecule has 0 bridgehead atoms. The Balaban J connectivity index is 2.45. The van der Waals surface area contributed by atoms with Gasteiger partial charge in [0.25, 0.3) is 0 Å². The van der Waals surface area contributed by atoms with Crippen molar-refractivity contribution < 1.29 is 0 Å². The molecule has 0 saturated heterocycles. The minimum Gasteiger partial charge on any atom is -0.398 e. The Morgan fingerprint density at radius 2 is 2.00 bits per heavy atom. The van der Waals surface area contributed by atoms with Gasteiger partial charge < -0.3 is 10.6 Å². The molecular weight excluding hydrogens is 240 g/mol. The van der Waals surface area contributed by atoms with Gasteiger partial charge in [-0.2, -0.15) is 0 Å². The molecule has 16 heavy (non-hydrogen) atoms. The lowest BCUT2D eigenvalue weighted by Crippen LogP contribution is -2.25. The number of nitrogen functional groups attached to an aromatic ring is 1. The first-order valence-corrected chi connectivity index (χ1v) is 6.93. The molecule has 2 N–H and O–H groups in total. The summed E-state index contributed by atoms with van der Waals surface area (Å²) in [4.78, 5) is 3.48. The van der Waals surface area contributed by atoms with Crippen molar-refractivity contribution in [2.45, 2.75) is 18.7 Å². The summed E-state index contributed by atoms with van der Waals surface area (Å²) < 4.78 is 0. The molecule has 90 valence electrons. The van der Waals surface area contributed by atoms with Crippen LogP contribution in [0, 0.1) is 0 Å². The van der Waals surface area contributed by atoms with Gasteiger partial charge in [0.2, 0.25) is 0 Å². The Bertz CT molecular complexity index is 327. The van der Waals surface area contributed by atoms with Gasteiger partial charge in [-0.25, -0.2) is 0 Å². The number of anilines is 1. The summed E-state index contributed by atoms with van der Waals surface area (Å²) in [6, 6.07) is 5.62. The molecule has 0 atom stereocenters. The summed E-state index contributed by atoms with van der Waals surface area (Å²) in [6.45, 7) is 7.65. The first kappa shape index (κ1) is 13.7. The molecule has 0 amide bonds. The molecule has 1 aromatic carbocycles. The van der Waals surface area contributed by atoms with Gasteiger partial charge in [0.1, 0.15) is 0 Å². The molecule has 0 saturated carbocycles. The van der Waals surface area contributed by atoms with Crippen molar-refractivity contribution in [1.29, 1.82) is 0 Å². The van der Waals surface area contributed by atoms with E-state index in [1.54, 1.807) is 11.8 Å². The van der Waals surface area contributed by atoms with Crippen LogP contribution in [0.3, 0.4) is 0 Å². The van der Waals surface area contributed by atoms with Crippen LogP contribution in [-0.2, 0) is 0 Å². The van der Waals surface area contributed by atoms with Gasteiger partial charge in [0.15, 0.2) is 0 Å². The largest absolute Gasteiger partial charge is 0.398 e. The molecule has 4 heteroatoms. The molecule has 0 spiro atoms. The zero-order valence-electron chi connectivity index (χ0n) is 9.87. The average molecular weight is 259 g/mol. The topological polar surface area (TPSA) is 29.3 Å². The number of thioether (sulfide) groups is 1. The number of hydrogen-bond donors (Lipinski definition) is 1. The van der Waals surface area contributed by atoms with Gasteiger partial charge in [-0.05, 0) is 31.3 Å². The summed E-state index contributed by atoms with van der Waals surface area (Å²) in [6.07, 6.45) is 0. The summed E-state index contributed by atoms with van der Waals surface area (Å²) in [5, 5.41) is 0.750. The summed E-state index contributed by atoms with van der Waals surface area (Å²) in [5.74, 6) is 1.05. The normalized spacial score (nSPS) is 11.0. The predicted molar refractivity (Wildman–Crippen MR) is 74.4 cm³/mol. The number of benzene rings is 1. The van der Waals surface area contributed by atoms with Crippen LogP contribution in [0.15, 0.2) is 23.1 Å². The molecule has 1 rings (SSSR count). The Labute approximate surface area is 107 Å². The van der Waals surface area contributed by atoms with Crippen molar-refractivity contribution in [2.24, 2.45) is 0 Å². The number of hydrogen-bond acceptors (Lipinski definition) is 3. The fourth-order valence-electron chi connectivity index (χ4n) is 1.46. The maximum absolute atomic E-state index is 5.93. The summed E-state index contributed by atoms with van der Waals surface area (Å²) >= 11 is 7.70. The van der Waals surface area contributed by atoms with Crippen molar-refractivity contribution >= 4 is 29.1 Å². The maximum atomic E-state index is 5.93. The number of nitrogens with zero attached hydrogens (tertiary/aromatic N) is 1. The fraction of sp³-hybridized carbons (Fsp3) is 0.500. The van der Waals surface area contributed by atoms with E-state index < -0.39 is 0 Å². The van der Waals surface area contributed by atoms with Crippen LogP contribution < -0.4 is 5.73 Å². The Kier molecular flexibility index (Phi) is 6.03. The van der Waals surface area contributed by atoms with Gasteiger partial charge in [-0.3, -0.25) is 0 Å². The molecule has 0 radical (unpaired) electrons. The molecule has 0 heterocycles. The molecule has 1 aromatic rings. The molecule has 0 unspecified atom stereocenters. The Morgan fingerprint density at radius 3 is 2.62 bits per heavy atom. The van der Waals surface area contributed by atoms with Gasteiger partial charge in [0, 0.05) is 27.9 Å². The molecule has 0 aliphatic heterocycles. The number of nitrogens with two attached hydrogens (primary N) is 1. The van der Waals surface area contributed by atoms with Crippen LogP contribution in [0.5, 0.6) is 0 Å². The molecule has 0 aliphatic carbocycles. The van der Waals surface area contributed by atoms with Crippen LogP contribution in [0.2, 0.25) is 5.02 Å². The van der Waals surface area contributed by atoms with Crippen LogP contribution in [0.1, 0.15) is 13.8 Å². The van der Waals surface area contributed by atoms with Gasteiger partial charge in [-0.15, -0.1) is 11.8 Å². The molecule has 0 fully saturated rings. The molecule has 0 aliphatic rings. The third-order valence-electron chi connectivity index (χ3n) is 2.54. The van der Waals surface area contributed by atoms with Crippen LogP contribution >= 0.6 is 23.4 Å². The van der Waals surface area contributed by atoms with E-state index in [0.717, 1.165) is 41.0 Å². The van der Waals surface area contributed by atoms with Gasteiger partial charge >= 0.3 is 0 Å². The second-order valence-electron chi connectivity index (χ2n) is 3.56. The zero-order chi connectivity index (χ0) is 12.0. The fourth-order valence-corrected chi connectivity index (χ4v) is 2.71. The SMILES string of the molecule is CCN(CC)CCSc1cc(Cl)ccc1N. The van der Waals surface area contributed by atoms with E-state index in [9.17, 15) is 0 Å². The highest BCUT2D eigenvalue weighted by atomic mass is 35.5. The molecular formula is C12H19ClN2S. The highest BCUT2D eigenvalue weighted by molar-refractivity contribution is 7.99. The second-order valence-corrected chi connectivity index (χ2v) is 5.13. The maximum Gasteiger partial charge on any atom is 0.0453 e. The monoisotopic (exact) mass is 258 g/mol. The quantitative estimate of drug-likeness (QED) is 0.627. The lowest BCUT2D eigenvalue weighted by Gasteiger charge is -2.17. The summed E-state index contributed by atoms with van der Waals surface area (Å²) in [7, 11) is 0. The van der Waals surface area contributed by atoms with E-state index in [1.807, 2.05) is 18.2 Å². The standard InChI is InChI=1S/C12H19ClN2S/c1-3-15(4-2)7-8-16-12-9-10(13)5-6-11(12)14/h5-6,9H,3-4,7-8,14H2,1-2H3. The van der Waals surface area contributed by atoms with Crippen molar-refractivity contribution in [2.75, 3.05) is 31.1 Å². The van der Waals surface area contributed by atoms with Crippen molar-refractivity contribution in [3.8, 4) is 0 Å². The van der Waals surface area contributed by atoms with E-state index in [0.29, 0.717) is 0 Å². The minimum absolute atomic E-state index is 0.750. The smallest absolute Gasteiger partial charge is 0.0453 e. The predicted octanol–water partition coefficient (Wildman–Crippen LogP) is 3.36. The zero-order valence-corrected chi connectivity index (χ0v) is 11.4. The van der Waals surface area contributed by atoms with E-state index in [2.05, 4.69) is 18.7 Å². The lowest BCUT2D eigenvalue weighted by molar-refractivity contribution is 0.324. The van der Waals surface area contributed by atoms with Crippen molar-refractivity contribution in [3.63, 3.8) is 0 Å². The third kappa shape index (κ3) is 4.24. The van der Waals surface area contributed by atoms with E-state index in [4.69, 9.17) is 17.3 Å². The number of halogens is 1.